The van der Waals surface area contributed by atoms with Gasteiger partial charge in [-0.15, -0.1) is 0 Å². The van der Waals surface area contributed by atoms with Crippen LogP contribution < -0.4 is 11.1 Å². The molecule has 23 heavy (non-hydrogen) atoms. The number of carbonyl (C=O) groups is 1. The molecule has 0 aliphatic heterocycles. The molecule has 1 heterocycles. The molecule has 0 saturated heterocycles. The second-order valence-electron chi connectivity index (χ2n) is 6.01. The van der Waals surface area contributed by atoms with Gasteiger partial charge < -0.3 is 16.2 Å². The lowest BCUT2D eigenvalue weighted by Crippen LogP contribution is -2.44. The van der Waals surface area contributed by atoms with E-state index in [9.17, 15) is 9.90 Å². The number of nitrogens with zero attached hydrogens (tertiary/aromatic N) is 1. The number of rotatable bonds is 5. The summed E-state index contributed by atoms with van der Waals surface area (Å²) in [6.45, 7) is 5.78. The first-order valence-corrected chi connectivity index (χ1v) is 7.67. The van der Waals surface area contributed by atoms with Crippen LogP contribution in [0.4, 0.5) is 0 Å². The molecule has 2 aromatic rings. The van der Waals surface area contributed by atoms with Crippen molar-refractivity contribution in [2.24, 2.45) is 5.73 Å². The van der Waals surface area contributed by atoms with Crippen LogP contribution in [0.5, 0.6) is 5.75 Å². The van der Waals surface area contributed by atoms with Crippen LogP contribution in [0, 0.1) is 6.92 Å². The Labute approximate surface area is 136 Å². The quantitative estimate of drug-likeness (QED) is 0.789. The number of aromatic nitrogens is 1. The highest BCUT2D eigenvalue weighted by Crippen LogP contribution is 2.26. The number of nitrogens with one attached hydrogen (secondary N) is 1. The number of hydrogen-bond acceptors (Lipinski definition) is 4. The number of benzene rings is 1. The average molecular weight is 313 g/mol. The molecular formula is C18H23N3O2. The number of aryl methyl sites for hydroxylation is 1. The Bertz CT molecular complexity index is 698. The number of phenols is 1. The number of nitrogens with two attached hydrogens (primary N) is 1. The standard InChI is InChI=1S/C18H23N3O2/c1-11(2)21-18(23)17(19)9-14-7-12(3)16(10-20-14)13-5-4-6-15(22)8-13/h4-8,10-11,17,22H,9,19H2,1-3H3,(H,21,23). The Morgan fingerprint density at radius 2 is 2.09 bits per heavy atom. The maximum atomic E-state index is 11.9. The third kappa shape index (κ3) is 4.53. The van der Waals surface area contributed by atoms with Crippen LogP contribution in [-0.4, -0.2) is 28.1 Å². The number of carbonyl (C=O) groups excluding carboxylic acids is 1. The van der Waals surface area contributed by atoms with Crippen molar-refractivity contribution in [2.45, 2.75) is 39.3 Å². The molecule has 4 N–H and O–H groups in total. The molecule has 0 fully saturated rings. The lowest BCUT2D eigenvalue weighted by molar-refractivity contribution is -0.122. The van der Waals surface area contributed by atoms with E-state index < -0.39 is 6.04 Å². The summed E-state index contributed by atoms with van der Waals surface area (Å²) >= 11 is 0. The number of amides is 1. The van der Waals surface area contributed by atoms with Crippen LogP contribution in [0.2, 0.25) is 0 Å². The Kier molecular flexibility index (Phi) is 5.34. The summed E-state index contributed by atoms with van der Waals surface area (Å²) < 4.78 is 0. The van der Waals surface area contributed by atoms with Crippen LogP contribution in [0.3, 0.4) is 0 Å². The fourth-order valence-corrected chi connectivity index (χ4v) is 2.41. The van der Waals surface area contributed by atoms with Gasteiger partial charge in [-0.2, -0.15) is 0 Å². The maximum absolute atomic E-state index is 11.9. The summed E-state index contributed by atoms with van der Waals surface area (Å²) in [5.41, 5.74) is 9.59. The summed E-state index contributed by atoms with van der Waals surface area (Å²) in [6, 6.07) is 8.43. The zero-order valence-electron chi connectivity index (χ0n) is 13.7. The second-order valence-corrected chi connectivity index (χ2v) is 6.01. The molecule has 0 spiro atoms. The predicted molar refractivity (Wildman–Crippen MR) is 91.0 cm³/mol. The van der Waals surface area contributed by atoms with E-state index in [1.165, 1.54) is 0 Å². The molecule has 1 amide bonds. The van der Waals surface area contributed by atoms with Crippen molar-refractivity contribution in [3.05, 3.63) is 47.8 Å². The molecule has 2 rings (SSSR count). The Morgan fingerprint density at radius 1 is 1.35 bits per heavy atom. The van der Waals surface area contributed by atoms with Crippen molar-refractivity contribution in [1.29, 1.82) is 0 Å². The third-order valence-electron chi connectivity index (χ3n) is 3.52. The highest BCUT2D eigenvalue weighted by molar-refractivity contribution is 5.82. The maximum Gasteiger partial charge on any atom is 0.237 e. The molecule has 1 aromatic heterocycles. The molecule has 1 atom stereocenters. The number of aromatic hydroxyl groups is 1. The molecule has 0 aliphatic carbocycles. The first kappa shape index (κ1) is 17.0. The van der Waals surface area contributed by atoms with Gasteiger partial charge in [-0.05, 0) is 50.1 Å². The van der Waals surface area contributed by atoms with Crippen molar-refractivity contribution in [3.8, 4) is 16.9 Å². The van der Waals surface area contributed by atoms with Gasteiger partial charge in [-0.25, -0.2) is 0 Å². The highest BCUT2D eigenvalue weighted by Gasteiger charge is 2.16. The average Bonchev–Trinajstić information content (AvgIpc) is 2.46. The minimum Gasteiger partial charge on any atom is -0.508 e. The largest absolute Gasteiger partial charge is 0.508 e. The summed E-state index contributed by atoms with van der Waals surface area (Å²) in [4.78, 5) is 16.3. The first-order chi connectivity index (χ1) is 10.9. The van der Waals surface area contributed by atoms with E-state index in [2.05, 4.69) is 10.3 Å². The molecule has 122 valence electrons. The lowest BCUT2D eigenvalue weighted by Gasteiger charge is -2.15. The Hall–Kier alpha value is -2.40. The summed E-state index contributed by atoms with van der Waals surface area (Å²) in [5, 5.41) is 12.4. The van der Waals surface area contributed by atoms with Crippen molar-refractivity contribution < 1.29 is 9.90 Å². The van der Waals surface area contributed by atoms with Crippen molar-refractivity contribution in [3.63, 3.8) is 0 Å². The van der Waals surface area contributed by atoms with Gasteiger partial charge >= 0.3 is 0 Å². The van der Waals surface area contributed by atoms with Crippen molar-refractivity contribution >= 4 is 5.91 Å². The van der Waals surface area contributed by atoms with E-state index >= 15 is 0 Å². The second kappa shape index (κ2) is 7.24. The predicted octanol–water partition coefficient (Wildman–Crippen LogP) is 2.16. The first-order valence-electron chi connectivity index (χ1n) is 7.67. The minimum absolute atomic E-state index is 0.0661. The molecular weight excluding hydrogens is 290 g/mol. The van der Waals surface area contributed by atoms with Gasteiger partial charge in [0.05, 0.1) is 6.04 Å². The van der Waals surface area contributed by atoms with Gasteiger partial charge in [0, 0.05) is 29.9 Å². The van der Waals surface area contributed by atoms with Crippen molar-refractivity contribution in [1.82, 2.24) is 10.3 Å². The topological polar surface area (TPSA) is 88.2 Å². The SMILES string of the molecule is Cc1cc(CC(N)C(=O)NC(C)C)ncc1-c1cccc(O)c1. The zero-order valence-corrected chi connectivity index (χ0v) is 13.7. The smallest absolute Gasteiger partial charge is 0.237 e. The van der Waals surface area contributed by atoms with Crippen LogP contribution >= 0.6 is 0 Å². The van der Waals surface area contributed by atoms with Crippen LogP contribution in [0.25, 0.3) is 11.1 Å². The fourth-order valence-electron chi connectivity index (χ4n) is 2.41. The lowest BCUT2D eigenvalue weighted by atomic mass is 10.0. The molecule has 0 saturated carbocycles. The zero-order chi connectivity index (χ0) is 17.0. The minimum atomic E-state index is -0.615. The molecule has 5 heteroatoms. The summed E-state index contributed by atoms with van der Waals surface area (Å²) in [5.74, 6) is 0.0508. The molecule has 0 bridgehead atoms. The summed E-state index contributed by atoms with van der Waals surface area (Å²) in [7, 11) is 0. The Morgan fingerprint density at radius 3 is 2.70 bits per heavy atom. The molecule has 1 unspecified atom stereocenters. The van der Waals surface area contributed by atoms with Gasteiger partial charge in [0.1, 0.15) is 5.75 Å². The van der Waals surface area contributed by atoms with E-state index in [0.717, 1.165) is 22.4 Å². The molecule has 0 radical (unpaired) electrons. The van der Waals surface area contributed by atoms with Gasteiger partial charge in [0.25, 0.3) is 0 Å². The number of phenolic OH excluding ortho intramolecular Hbond substituents is 1. The normalized spacial score (nSPS) is 12.2. The number of pyridine rings is 1. The van der Waals surface area contributed by atoms with E-state index in [-0.39, 0.29) is 17.7 Å². The summed E-state index contributed by atoms with van der Waals surface area (Å²) in [6.07, 6.45) is 2.15. The fraction of sp³-hybridized carbons (Fsp3) is 0.333. The van der Waals surface area contributed by atoms with E-state index in [1.807, 2.05) is 32.9 Å². The van der Waals surface area contributed by atoms with E-state index in [4.69, 9.17) is 5.73 Å². The van der Waals surface area contributed by atoms with Crippen LogP contribution in [0.1, 0.15) is 25.1 Å². The van der Waals surface area contributed by atoms with Gasteiger partial charge in [-0.1, -0.05) is 12.1 Å². The third-order valence-corrected chi connectivity index (χ3v) is 3.52. The van der Waals surface area contributed by atoms with Crippen LogP contribution in [-0.2, 0) is 11.2 Å². The molecule has 0 aliphatic rings. The Balaban J connectivity index is 2.15. The van der Waals surface area contributed by atoms with Gasteiger partial charge in [0.15, 0.2) is 0 Å². The van der Waals surface area contributed by atoms with Gasteiger partial charge in [-0.3, -0.25) is 9.78 Å². The molecule has 5 nitrogen and oxygen atoms in total. The highest BCUT2D eigenvalue weighted by atomic mass is 16.3. The van der Waals surface area contributed by atoms with Crippen molar-refractivity contribution in [2.75, 3.05) is 0 Å². The van der Waals surface area contributed by atoms with E-state index in [1.54, 1.807) is 24.4 Å². The van der Waals surface area contributed by atoms with E-state index in [0.29, 0.717) is 6.42 Å². The molecule has 1 aromatic carbocycles. The van der Waals surface area contributed by atoms with Gasteiger partial charge in [0.2, 0.25) is 5.91 Å². The number of hydrogen-bond donors (Lipinski definition) is 3. The monoisotopic (exact) mass is 313 g/mol. The van der Waals surface area contributed by atoms with Crippen LogP contribution in [0.15, 0.2) is 36.5 Å².